The fourth-order valence-electron chi connectivity index (χ4n) is 2.98. The van der Waals surface area contributed by atoms with Crippen molar-refractivity contribution in [1.82, 2.24) is 0 Å². The molecule has 2 aliphatic rings. The van der Waals surface area contributed by atoms with Crippen molar-refractivity contribution in [3.05, 3.63) is 63.0 Å². The summed E-state index contributed by atoms with van der Waals surface area (Å²) in [6.45, 7) is 4.70. The number of benzene rings is 1. The van der Waals surface area contributed by atoms with E-state index < -0.39 is 21.3 Å². The molecule has 0 bridgehead atoms. The van der Waals surface area contributed by atoms with E-state index >= 15 is 0 Å². The van der Waals surface area contributed by atoms with Crippen molar-refractivity contribution >= 4 is 9.28 Å². The molecule has 104 valence electrons. The second kappa shape index (κ2) is 7.69. The Labute approximate surface area is 141 Å². The van der Waals surface area contributed by atoms with Crippen molar-refractivity contribution in [3.63, 3.8) is 0 Å². The quantitative estimate of drug-likeness (QED) is 0.579. The van der Waals surface area contributed by atoms with E-state index in [1.165, 1.54) is 12.0 Å². The van der Waals surface area contributed by atoms with Crippen molar-refractivity contribution < 1.29 is 46.1 Å². The van der Waals surface area contributed by atoms with E-state index in [1.54, 1.807) is 12.1 Å². The molecule has 0 nitrogen and oxygen atoms in total. The summed E-state index contributed by atoms with van der Waals surface area (Å²) in [6, 6.07) is 8.91. The summed E-state index contributed by atoms with van der Waals surface area (Å²) >= 11 is -1.68. The third-order valence-electron chi connectivity index (χ3n) is 3.77. The molecule has 1 atom stereocenters. The molecule has 3 heteroatoms. The van der Waals surface area contributed by atoms with Crippen LogP contribution in [0, 0.1) is 0 Å². The molecule has 3 rings (SSSR count). The van der Waals surface area contributed by atoms with Crippen molar-refractivity contribution in [2.45, 2.75) is 23.9 Å². The van der Waals surface area contributed by atoms with Gasteiger partial charge in [-0.05, 0) is 0 Å². The third-order valence-corrected chi connectivity index (χ3v) is 11.8. The first-order chi connectivity index (χ1) is 8.77. The zero-order chi connectivity index (χ0) is 12.5. The molecule has 0 fully saturated rings. The molecule has 0 radical (unpaired) electrons. The van der Waals surface area contributed by atoms with Crippen LogP contribution < -0.4 is 24.8 Å². The van der Waals surface area contributed by atoms with E-state index in [0.717, 1.165) is 3.63 Å². The first-order valence-corrected chi connectivity index (χ1v) is 10.5. The molecule has 0 aromatic heterocycles. The van der Waals surface area contributed by atoms with Crippen molar-refractivity contribution in [2.24, 2.45) is 0 Å². The first kappa shape index (κ1) is 17.8. The zero-order valence-electron chi connectivity index (χ0n) is 11.7. The molecule has 1 aromatic rings. The molecule has 0 saturated heterocycles. The Balaban J connectivity index is 0.000001000. The minimum atomic E-state index is -1.68. The SMILES string of the molecule is C[C](C)=[Zr+2]([C]1=CC=CC1)[CH]1C=Cc2ccccc21.[Cl-].[Cl-]. The van der Waals surface area contributed by atoms with Crippen LogP contribution in [0.1, 0.15) is 35.0 Å². The van der Waals surface area contributed by atoms with E-state index in [0.29, 0.717) is 0 Å². The Morgan fingerprint density at radius 3 is 2.55 bits per heavy atom. The average Bonchev–Trinajstić information content (AvgIpc) is 3.00. The smallest absolute Gasteiger partial charge is 1.00 e. The Bertz CT molecular complexity index is 605. The zero-order valence-corrected chi connectivity index (χ0v) is 15.7. The van der Waals surface area contributed by atoms with Gasteiger partial charge in [-0.1, -0.05) is 0 Å². The van der Waals surface area contributed by atoms with E-state index in [1.807, 2.05) is 0 Å². The summed E-state index contributed by atoms with van der Waals surface area (Å²) in [4.78, 5) is 0. The molecule has 2 aliphatic carbocycles. The van der Waals surface area contributed by atoms with Gasteiger partial charge in [0, 0.05) is 0 Å². The predicted molar refractivity (Wildman–Crippen MR) is 76.4 cm³/mol. The summed E-state index contributed by atoms with van der Waals surface area (Å²) in [5.41, 5.74) is 3.01. The van der Waals surface area contributed by atoms with Crippen LogP contribution in [-0.2, 0) is 21.3 Å². The predicted octanol–water partition coefficient (Wildman–Crippen LogP) is -1.56. The summed E-state index contributed by atoms with van der Waals surface area (Å²) in [7, 11) is 0. The molecule has 1 unspecified atom stereocenters. The van der Waals surface area contributed by atoms with Gasteiger partial charge in [0.15, 0.2) is 0 Å². The van der Waals surface area contributed by atoms with E-state index in [9.17, 15) is 0 Å². The first-order valence-electron chi connectivity index (χ1n) is 6.58. The second-order valence-corrected chi connectivity index (χ2v) is 12.8. The summed E-state index contributed by atoms with van der Waals surface area (Å²) < 4.78 is 4.18. The standard InChI is InChI=1S/C9H7.C5H5.C3H6.2ClH.Zr/c1-2-5-9-7-3-6-8(9)4-1;1-2-4-5-3-1;1-3-2;;;/h1-7H;1-3H,4H2;1-2H3;2*1H;/q;;;;;+2/p-2. The van der Waals surface area contributed by atoms with Crippen LogP contribution in [0.3, 0.4) is 0 Å². The van der Waals surface area contributed by atoms with Crippen molar-refractivity contribution in [1.29, 1.82) is 0 Å². The number of allylic oxidation sites excluding steroid dienone is 5. The molecule has 20 heavy (non-hydrogen) atoms. The van der Waals surface area contributed by atoms with Crippen LogP contribution >= 0.6 is 0 Å². The van der Waals surface area contributed by atoms with Gasteiger partial charge in [0.05, 0.1) is 0 Å². The molecular formula is C17H18Cl2Zr. The third kappa shape index (κ3) is 3.33. The number of halogens is 2. The minimum absolute atomic E-state index is 0. The summed E-state index contributed by atoms with van der Waals surface area (Å²) in [5.74, 6) is 0. The van der Waals surface area contributed by atoms with Gasteiger partial charge in [0.1, 0.15) is 0 Å². The largest absolute Gasteiger partial charge is 1.00 e. The molecule has 0 aliphatic heterocycles. The molecule has 0 amide bonds. The Hall–Kier alpha value is -0.227. The van der Waals surface area contributed by atoms with Crippen LogP contribution in [0.2, 0.25) is 0 Å². The van der Waals surface area contributed by atoms with Gasteiger partial charge in [-0.15, -0.1) is 0 Å². The van der Waals surface area contributed by atoms with Crippen LogP contribution in [-0.4, -0.2) is 3.21 Å². The Morgan fingerprint density at radius 2 is 1.90 bits per heavy atom. The molecule has 1 aromatic carbocycles. The van der Waals surface area contributed by atoms with Gasteiger partial charge < -0.3 is 24.8 Å². The van der Waals surface area contributed by atoms with Gasteiger partial charge in [0.25, 0.3) is 0 Å². The van der Waals surface area contributed by atoms with E-state index in [-0.39, 0.29) is 24.8 Å². The maximum atomic E-state index is 2.46. The fourth-order valence-corrected chi connectivity index (χ4v) is 10.7. The van der Waals surface area contributed by atoms with Gasteiger partial charge in [-0.3, -0.25) is 0 Å². The van der Waals surface area contributed by atoms with Crippen LogP contribution in [0.5, 0.6) is 0 Å². The number of hydrogen-bond acceptors (Lipinski definition) is 0. The molecule has 0 N–H and O–H groups in total. The Morgan fingerprint density at radius 1 is 1.15 bits per heavy atom. The number of fused-ring (bicyclic) bond motifs is 1. The molecule has 0 spiro atoms. The minimum Gasteiger partial charge on any atom is -1.00 e. The molecular weight excluding hydrogens is 366 g/mol. The normalized spacial score (nSPS) is 17.4. The summed E-state index contributed by atoms with van der Waals surface area (Å²) in [6.07, 6.45) is 12.9. The maximum absolute atomic E-state index is 2.46. The summed E-state index contributed by atoms with van der Waals surface area (Å²) in [5, 5.41) is 0. The molecule has 0 saturated carbocycles. The maximum Gasteiger partial charge on any atom is -1.00 e. The average molecular weight is 384 g/mol. The number of hydrogen-bond donors (Lipinski definition) is 0. The van der Waals surface area contributed by atoms with Gasteiger partial charge in [0.2, 0.25) is 0 Å². The monoisotopic (exact) mass is 382 g/mol. The molecule has 0 heterocycles. The Kier molecular flexibility index (Phi) is 6.85. The van der Waals surface area contributed by atoms with E-state index in [2.05, 4.69) is 68.5 Å². The number of rotatable bonds is 2. The van der Waals surface area contributed by atoms with Crippen LogP contribution in [0.15, 0.2) is 51.9 Å². The van der Waals surface area contributed by atoms with E-state index in [4.69, 9.17) is 0 Å². The second-order valence-electron chi connectivity index (χ2n) is 5.20. The van der Waals surface area contributed by atoms with Gasteiger partial charge >= 0.3 is 117 Å². The van der Waals surface area contributed by atoms with Gasteiger partial charge in [-0.25, -0.2) is 0 Å². The van der Waals surface area contributed by atoms with Crippen LogP contribution in [0.4, 0.5) is 0 Å². The topological polar surface area (TPSA) is 0 Å². The van der Waals surface area contributed by atoms with Crippen molar-refractivity contribution in [3.8, 4) is 0 Å². The fraction of sp³-hybridized carbons (Fsp3) is 0.235. The van der Waals surface area contributed by atoms with Crippen LogP contribution in [0.25, 0.3) is 6.08 Å². The van der Waals surface area contributed by atoms with Gasteiger partial charge in [-0.2, -0.15) is 0 Å². The van der Waals surface area contributed by atoms with Crippen molar-refractivity contribution in [2.75, 3.05) is 0 Å².